The molecule has 1 aromatic rings. The molecule has 1 aromatic heterocycles. The lowest BCUT2D eigenvalue weighted by Gasteiger charge is -2.19. The van der Waals surface area contributed by atoms with Gasteiger partial charge in [0.25, 0.3) is 0 Å². The Hall–Kier alpha value is -1.42. The summed E-state index contributed by atoms with van der Waals surface area (Å²) in [6.45, 7) is 8.40. The molecule has 4 nitrogen and oxygen atoms in total. The lowest BCUT2D eigenvalue weighted by atomic mass is 10.2. The largest absolute Gasteiger partial charge is 0.475 e. The van der Waals surface area contributed by atoms with Crippen molar-refractivity contribution in [2.45, 2.75) is 33.3 Å². The van der Waals surface area contributed by atoms with Crippen LogP contribution in [0.3, 0.4) is 0 Å². The summed E-state index contributed by atoms with van der Waals surface area (Å²) in [7, 11) is 0. The van der Waals surface area contributed by atoms with Crippen molar-refractivity contribution in [3.63, 3.8) is 0 Å². The van der Waals surface area contributed by atoms with Crippen molar-refractivity contribution in [2.75, 3.05) is 13.2 Å². The van der Waals surface area contributed by atoms with Gasteiger partial charge in [-0.05, 0) is 33.8 Å². The number of hydrogen-bond donors (Lipinski definition) is 0. The van der Waals surface area contributed by atoms with Crippen LogP contribution in [0, 0.1) is 0 Å². The van der Waals surface area contributed by atoms with Gasteiger partial charge in [0.05, 0.1) is 12.2 Å². The molecular weight excluding hydrogens is 218 g/mol. The van der Waals surface area contributed by atoms with Crippen LogP contribution in [0.15, 0.2) is 18.3 Å². The first-order valence-electron chi connectivity index (χ1n) is 5.62. The maximum absolute atomic E-state index is 11.2. The van der Waals surface area contributed by atoms with E-state index in [1.807, 2.05) is 20.8 Å². The third-order valence-electron chi connectivity index (χ3n) is 2.01. The first-order chi connectivity index (χ1) is 7.88. The normalized spacial score (nSPS) is 11.3. The molecule has 0 aliphatic heterocycles. The molecule has 1 heterocycles. The minimum Gasteiger partial charge on any atom is -0.475 e. The molecule has 17 heavy (non-hydrogen) atoms. The van der Waals surface area contributed by atoms with Crippen molar-refractivity contribution in [3.8, 4) is 5.88 Å². The van der Waals surface area contributed by atoms with Crippen LogP contribution in [-0.4, -0.2) is 29.6 Å². The second kappa shape index (κ2) is 5.77. The Morgan fingerprint density at radius 2 is 2.06 bits per heavy atom. The van der Waals surface area contributed by atoms with Crippen LogP contribution in [0.1, 0.15) is 38.1 Å². The molecule has 0 N–H and O–H groups in total. The average molecular weight is 237 g/mol. The molecule has 0 aromatic carbocycles. The Kier molecular flexibility index (Phi) is 4.63. The predicted molar refractivity (Wildman–Crippen MR) is 65.4 cm³/mol. The summed E-state index contributed by atoms with van der Waals surface area (Å²) in [5.41, 5.74) is 0.435. The number of carbonyl (C=O) groups excluding carboxylic acids is 1. The molecule has 94 valence electrons. The Morgan fingerprint density at radius 1 is 1.35 bits per heavy atom. The van der Waals surface area contributed by atoms with Gasteiger partial charge in [0, 0.05) is 17.8 Å². The number of Topliss-reactive ketones (excluding diaryl/α,β-unsaturated/α-hetero) is 1. The fourth-order valence-corrected chi connectivity index (χ4v) is 1.20. The van der Waals surface area contributed by atoms with Crippen LogP contribution in [0.4, 0.5) is 0 Å². The summed E-state index contributed by atoms with van der Waals surface area (Å²) in [6.07, 6.45) is 1.57. The van der Waals surface area contributed by atoms with E-state index in [2.05, 4.69) is 4.98 Å². The van der Waals surface area contributed by atoms with Crippen LogP contribution in [0.25, 0.3) is 0 Å². The number of pyridine rings is 1. The molecule has 0 fully saturated rings. The van der Waals surface area contributed by atoms with Gasteiger partial charge in [0.1, 0.15) is 6.61 Å². The van der Waals surface area contributed by atoms with E-state index in [4.69, 9.17) is 9.47 Å². The summed E-state index contributed by atoms with van der Waals surface area (Å²) in [5.74, 6) is 0.457. The fourth-order valence-electron chi connectivity index (χ4n) is 1.20. The number of rotatable bonds is 5. The molecule has 0 aliphatic carbocycles. The number of ether oxygens (including phenoxy) is 2. The fraction of sp³-hybridized carbons (Fsp3) is 0.538. The van der Waals surface area contributed by atoms with E-state index < -0.39 is 0 Å². The smallest absolute Gasteiger partial charge is 0.213 e. The Morgan fingerprint density at radius 3 is 2.65 bits per heavy atom. The highest BCUT2D eigenvalue weighted by molar-refractivity contribution is 5.94. The second-order valence-electron chi connectivity index (χ2n) is 4.75. The van der Waals surface area contributed by atoms with Crippen LogP contribution in [-0.2, 0) is 4.74 Å². The number of carbonyl (C=O) groups is 1. The third-order valence-corrected chi connectivity index (χ3v) is 2.01. The SMILES string of the molecule is CC(=O)c1ccnc(OCCOC(C)(C)C)c1. The topological polar surface area (TPSA) is 48.4 Å². The third kappa shape index (κ3) is 5.45. The maximum atomic E-state index is 11.2. The van der Waals surface area contributed by atoms with Crippen molar-refractivity contribution < 1.29 is 14.3 Å². The molecule has 0 saturated carbocycles. The summed E-state index contributed by atoms with van der Waals surface area (Å²) in [4.78, 5) is 15.2. The van der Waals surface area contributed by atoms with Gasteiger partial charge in [-0.1, -0.05) is 0 Å². The van der Waals surface area contributed by atoms with Crippen molar-refractivity contribution in [1.82, 2.24) is 4.98 Å². The van der Waals surface area contributed by atoms with Crippen LogP contribution in [0.2, 0.25) is 0 Å². The molecule has 0 radical (unpaired) electrons. The quantitative estimate of drug-likeness (QED) is 0.583. The molecule has 0 aliphatic rings. The van der Waals surface area contributed by atoms with Crippen LogP contribution >= 0.6 is 0 Å². The first-order valence-corrected chi connectivity index (χ1v) is 5.62. The molecule has 0 bridgehead atoms. The van der Waals surface area contributed by atoms with Gasteiger partial charge in [-0.2, -0.15) is 0 Å². The molecular formula is C13H19NO3. The highest BCUT2D eigenvalue weighted by atomic mass is 16.5. The molecule has 0 atom stereocenters. The van der Waals surface area contributed by atoms with E-state index in [0.717, 1.165) is 0 Å². The Bertz CT molecular complexity index is 382. The van der Waals surface area contributed by atoms with E-state index in [-0.39, 0.29) is 11.4 Å². The van der Waals surface area contributed by atoms with E-state index in [9.17, 15) is 4.79 Å². The van der Waals surface area contributed by atoms with Crippen molar-refractivity contribution >= 4 is 5.78 Å². The monoisotopic (exact) mass is 237 g/mol. The van der Waals surface area contributed by atoms with Gasteiger partial charge in [0.15, 0.2) is 5.78 Å². The number of nitrogens with zero attached hydrogens (tertiary/aromatic N) is 1. The van der Waals surface area contributed by atoms with Crippen molar-refractivity contribution in [3.05, 3.63) is 23.9 Å². The zero-order chi connectivity index (χ0) is 12.9. The zero-order valence-corrected chi connectivity index (χ0v) is 10.8. The summed E-state index contributed by atoms with van der Waals surface area (Å²) < 4.78 is 10.9. The van der Waals surface area contributed by atoms with Gasteiger partial charge in [-0.25, -0.2) is 4.98 Å². The standard InChI is InChI=1S/C13H19NO3/c1-10(15)11-5-6-14-12(9-11)16-7-8-17-13(2,3)4/h5-6,9H,7-8H2,1-4H3. The maximum Gasteiger partial charge on any atom is 0.213 e. The number of aromatic nitrogens is 1. The van der Waals surface area contributed by atoms with Gasteiger partial charge < -0.3 is 9.47 Å². The average Bonchev–Trinajstić information content (AvgIpc) is 2.23. The van der Waals surface area contributed by atoms with Gasteiger partial charge in [-0.3, -0.25) is 4.79 Å². The number of hydrogen-bond acceptors (Lipinski definition) is 4. The molecule has 0 unspecified atom stereocenters. The lowest BCUT2D eigenvalue weighted by Crippen LogP contribution is -2.22. The van der Waals surface area contributed by atoms with E-state index in [1.165, 1.54) is 6.92 Å². The summed E-state index contributed by atoms with van der Waals surface area (Å²) in [6, 6.07) is 3.31. The van der Waals surface area contributed by atoms with Gasteiger partial charge in [-0.15, -0.1) is 0 Å². The highest BCUT2D eigenvalue weighted by Gasteiger charge is 2.09. The Labute approximate surface area is 102 Å². The predicted octanol–water partition coefficient (Wildman–Crippen LogP) is 2.48. The Balaban J connectivity index is 2.42. The zero-order valence-electron chi connectivity index (χ0n) is 10.8. The van der Waals surface area contributed by atoms with E-state index >= 15 is 0 Å². The number of ketones is 1. The molecule has 1 rings (SSSR count). The molecule has 4 heteroatoms. The minimum atomic E-state index is -0.169. The molecule has 0 spiro atoms. The van der Waals surface area contributed by atoms with Gasteiger partial charge >= 0.3 is 0 Å². The van der Waals surface area contributed by atoms with Crippen LogP contribution < -0.4 is 4.74 Å². The van der Waals surface area contributed by atoms with Crippen molar-refractivity contribution in [1.29, 1.82) is 0 Å². The summed E-state index contributed by atoms with van der Waals surface area (Å²) >= 11 is 0. The second-order valence-corrected chi connectivity index (χ2v) is 4.75. The minimum absolute atomic E-state index is 0.00296. The molecule has 0 saturated heterocycles. The lowest BCUT2D eigenvalue weighted by molar-refractivity contribution is -0.0168. The van der Waals surface area contributed by atoms with Crippen molar-refractivity contribution in [2.24, 2.45) is 0 Å². The van der Waals surface area contributed by atoms with E-state index in [0.29, 0.717) is 24.7 Å². The van der Waals surface area contributed by atoms with E-state index in [1.54, 1.807) is 18.3 Å². The van der Waals surface area contributed by atoms with Gasteiger partial charge in [0.2, 0.25) is 5.88 Å². The highest BCUT2D eigenvalue weighted by Crippen LogP contribution is 2.10. The first kappa shape index (κ1) is 13.6. The van der Waals surface area contributed by atoms with Crippen LogP contribution in [0.5, 0.6) is 5.88 Å². The summed E-state index contributed by atoms with van der Waals surface area (Å²) in [5, 5.41) is 0. The molecule has 0 amide bonds.